The van der Waals surface area contributed by atoms with Crippen molar-refractivity contribution in [3.8, 4) is 5.75 Å². The molecule has 6 heteroatoms. The first-order chi connectivity index (χ1) is 16.1. The van der Waals surface area contributed by atoms with Crippen LogP contribution in [0.2, 0.25) is 0 Å². The molecule has 3 aromatic carbocycles. The van der Waals surface area contributed by atoms with Crippen molar-refractivity contribution in [1.82, 2.24) is 4.90 Å². The van der Waals surface area contributed by atoms with Crippen LogP contribution in [0.1, 0.15) is 22.1 Å². The molecule has 0 saturated carbocycles. The van der Waals surface area contributed by atoms with Crippen LogP contribution in [0.4, 0.5) is 17.1 Å². The number of anilines is 3. The second-order valence-corrected chi connectivity index (χ2v) is 8.76. The van der Waals surface area contributed by atoms with Crippen molar-refractivity contribution < 1.29 is 9.53 Å². The number of methoxy groups -OCH3 is 1. The monoisotopic (exact) mass is 442 g/mol. The van der Waals surface area contributed by atoms with Gasteiger partial charge in [-0.05, 0) is 61.1 Å². The zero-order valence-electron chi connectivity index (χ0n) is 19.4. The van der Waals surface area contributed by atoms with Crippen LogP contribution in [0.3, 0.4) is 0 Å². The Labute approximate surface area is 195 Å². The molecule has 1 unspecified atom stereocenters. The second kappa shape index (κ2) is 8.79. The number of likely N-dealkylation sites (N-methyl/N-ethyl adjacent to an activating group) is 1. The lowest BCUT2D eigenvalue weighted by Gasteiger charge is -2.44. The first-order valence-corrected chi connectivity index (χ1v) is 11.4. The van der Waals surface area contributed by atoms with Crippen molar-refractivity contribution >= 4 is 23.0 Å². The van der Waals surface area contributed by atoms with Crippen LogP contribution < -0.4 is 19.4 Å². The first kappa shape index (κ1) is 21.3. The number of hydrogen-bond donors (Lipinski definition) is 0. The van der Waals surface area contributed by atoms with Crippen molar-refractivity contribution in [2.24, 2.45) is 0 Å². The lowest BCUT2D eigenvalue weighted by molar-refractivity contribution is 0.0969. The highest BCUT2D eigenvalue weighted by Crippen LogP contribution is 2.41. The van der Waals surface area contributed by atoms with Crippen molar-refractivity contribution in [3.63, 3.8) is 0 Å². The summed E-state index contributed by atoms with van der Waals surface area (Å²) in [7, 11) is 5.87. The molecule has 6 nitrogen and oxygen atoms in total. The zero-order chi connectivity index (χ0) is 22.9. The van der Waals surface area contributed by atoms with Crippen LogP contribution in [-0.4, -0.2) is 58.2 Å². The minimum absolute atomic E-state index is 0.00186. The SMILES string of the molecule is COc1ccc(N2C(=O)c3ccccc3N(C)C2c2ccc(N3CCN(C)CC3)cc2)cc1. The molecule has 1 amide bonds. The standard InChI is InChI=1S/C27H30N4O2/c1-28-16-18-30(19-17-28)21-10-8-20(9-11-21)26-29(2)25-7-5-4-6-24(25)27(32)31(26)22-12-14-23(33-3)15-13-22/h4-15,26H,16-19H2,1-3H3. The van der Waals surface area contributed by atoms with Crippen LogP contribution in [0.5, 0.6) is 5.75 Å². The van der Waals surface area contributed by atoms with E-state index in [4.69, 9.17) is 4.74 Å². The molecule has 0 aromatic heterocycles. The number of nitrogens with zero attached hydrogens (tertiary/aromatic N) is 4. The van der Waals surface area contributed by atoms with Gasteiger partial charge in [-0.1, -0.05) is 24.3 Å². The Morgan fingerprint density at radius 2 is 1.42 bits per heavy atom. The van der Waals surface area contributed by atoms with Gasteiger partial charge in [0.05, 0.1) is 18.4 Å². The summed E-state index contributed by atoms with van der Waals surface area (Å²) in [5.74, 6) is 0.770. The maximum atomic E-state index is 13.7. The van der Waals surface area contributed by atoms with Gasteiger partial charge in [0, 0.05) is 44.6 Å². The van der Waals surface area contributed by atoms with Crippen molar-refractivity contribution in [3.05, 3.63) is 83.9 Å². The fourth-order valence-corrected chi connectivity index (χ4v) is 4.80. The Hall–Kier alpha value is -3.51. The van der Waals surface area contributed by atoms with E-state index < -0.39 is 0 Å². The molecule has 0 radical (unpaired) electrons. The molecule has 0 N–H and O–H groups in total. The molecule has 0 aliphatic carbocycles. The van der Waals surface area contributed by atoms with E-state index in [0.29, 0.717) is 5.56 Å². The average Bonchev–Trinajstić information content (AvgIpc) is 2.87. The Morgan fingerprint density at radius 3 is 2.09 bits per heavy atom. The van der Waals surface area contributed by atoms with E-state index in [1.165, 1.54) is 5.69 Å². The summed E-state index contributed by atoms with van der Waals surface area (Å²) in [4.78, 5) is 22.6. The molecule has 3 aromatic rings. The number of carbonyl (C=O) groups is 1. The molecular weight excluding hydrogens is 412 g/mol. The number of hydrogen-bond acceptors (Lipinski definition) is 5. The van der Waals surface area contributed by atoms with Crippen LogP contribution in [0, 0.1) is 0 Å². The van der Waals surface area contributed by atoms with Crippen LogP contribution in [0.15, 0.2) is 72.8 Å². The third kappa shape index (κ3) is 3.91. The van der Waals surface area contributed by atoms with Crippen LogP contribution in [-0.2, 0) is 0 Å². The number of ether oxygens (including phenoxy) is 1. The molecule has 1 fully saturated rings. The smallest absolute Gasteiger partial charge is 0.262 e. The average molecular weight is 443 g/mol. The summed E-state index contributed by atoms with van der Waals surface area (Å²) in [5.41, 5.74) is 4.80. The Kier molecular flexibility index (Phi) is 5.68. The van der Waals surface area contributed by atoms with Gasteiger partial charge >= 0.3 is 0 Å². The van der Waals surface area contributed by atoms with E-state index in [1.54, 1.807) is 7.11 Å². The number of benzene rings is 3. The molecule has 170 valence electrons. The van der Waals surface area contributed by atoms with E-state index >= 15 is 0 Å². The molecule has 33 heavy (non-hydrogen) atoms. The van der Waals surface area contributed by atoms with Gasteiger partial charge in [0.25, 0.3) is 5.91 Å². The van der Waals surface area contributed by atoms with Gasteiger partial charge in [0.15, 0.2) is 0 Å². The van der Waals surface area contributed by atoms with E-state index in [1.807, 2.05) is 53.4 Å². The van der Waals surface area contributed by atoms with Gasteiger partial charge in [-0.3, -0.25) is 9.69 Å². The van der Waals surface area contributed by atoms with Gasteiger partial charge < -0.3 is 19.4 Å². The lowest BCUT2D eigenvalue weighted by atomic mass is 10.0. The molecule has 2 aliphatic rings. The molecule has 2 aliphatic heterocycles. The van der Waals surface area contributed by atoms with E-state index in [2.05, 4.69) is 53.1 Å². The highest BCUT2D eigenvalue weighted by Gasteiger charge is 2.37. The van der Waals surface area contributed by atoms with Crippen molar-refractivity contribution in [1.29, 1.82) is 0 Å². The van der Waals surface area contributed by atoms with E-state index in [0.717, 1.165) is 48.9 Å². The molecular formula is C27H30N4O2. The van der Waals surface area contributed by atoms with Crippen LogP contribution >= 0.6 is 0 Å². The number of carbonyl (C=O) groups excluding carboxylic acids is 1. The molecule has 0 bridgehead atoms. The highest BCUT2D eigenvalue weighted by atomic mass is 16.5. The van der Waals surface area contributed by atoms with Gasteiger partial charge in [0.1, 0.15) is 11.9 Å². The van der Waals surface area contributed by atoms with Crippen molar-refractivity contribution in [2.75, 3.05) is 62.1 Å². The summed E-state index contributed by atoms with van der Waals surface area (Å²) in [6.45, 7) is 4.21. The molecule has 5 rings (SSSR count). The molecule has 2 heterocycles. The molecule has 1 atom stereocenters. The molecule has 0 spiro atoms. The summed E-state index contributed by atoms with van der Waals surface area (Å²) in [6.07, 6.45) is -0.248. The predicted molar refractivity (Wildman–Crippen MR) is 134 cm³/mol. The van der Waals surface area contributed by atoms with Gasteiger partial charge in [-0.2, -0.15) is 0 Å². The summed E-state index contributed by atoms with van der Waals surface area (Å²) in [6, 6.07) is 24.2. The third-order valence-corrected chi connectivity index (χ3v) is 6.75. The fourth-order valence-electron chi connectivity index (χ4n) is 4.80. The minimum Gasteiger partial charge on any atom is -0.497 e. The first-order valence-electron chi connectivity index (χ1n) is 11.4. The highest BCUT2D eigenvalue weighted by molar-refractivity contribution is 6.12. The third-order valence-electron chi connectivity index (χ3n) is 6.75. The zero-order valence-corrected chi connectivity index (χ0v) is 19.4. The largest absolute Gasteiger partial charge is 0.497 e. The van der Waals surface area contributed by atoms with E-state index in [-0.39, 0.29) is 12.1 Å². The molecule has 1 saturated heterocycles. The Balaban J connectivity index is 1.53. The van der Waals surface area contributed by atoms with Gasteiger partial charge in [-0.25, -0.2) is 0 Å². The Bertz CT molecular complexity index is 1120. The predicted octanol–water partition coefficient (Wildman–Crippen LogP) is 4.24. The normalized spacial score (nSPS) is 18.9. The number of rotatable bonds is 4. The summed E-state index contributed by atoms with van der Waals surface area (Å²) >= 11 is 0. The topological polar surface area (TPSA) is 39.3 Å². The minimum atomic E-state index is -0.248. The van der Waals surface area contributed by atoms with Gasteiger partial charge in [0.2, 0.25) is 0 Å². The number of fused-ring (bicyclic) bond motifs is 1. The Morgan fingerprint density at radius 1 is 0.788 bits per heavy atom. The quantitative estimate of drug-likeness (QED) is 0.604. The maximum Gasteiger partial charge on any atom is 0.262 e. The number of piperazine rings is 1. The van der Waals surface area contributed by atoms with E-state index in [9.17, 15) is 4.79 Å². The second-order valence-electron chi connectivity index (χ2n) is 8.76. The van der Waals surface area contributed by atoms with Crippen LogP contribution in [0.25, 0.3) is 0 Å². The maximum absolute atomic E-state index is 13.7. The summed E-state index contributed by atoms with van der Waals surface area (Å²) in [5, 5.41) is 0. The fraction of sp³-hybridized carbons (Fsp3) is 0.296. The van der Waals surface area contributed by atoms with Gasteiger partial charge in [-0.15, -0.1) is 0 Å². The number of para-hydroxylation sites is 1. The number of amides is 1. The lowest BCUT2D eigenvalue weighted by Crippen LogP contribution is -2.48. The summed E-state index contributed by atoms with van der Waals surface area (Å²) < 4.78 is 5.33. The van der Waals surface area contributed by atoms with Crippen molar-refractivity contribution in [2.45, 2.75) is 6.17 Å².